The average molecular weight is 585 g/mol. The summed E-state index contributed by atoms with van der Waals surface area (Å²) in [5.74, 6) is -0.817. The second-order valence-corrected chi connectivity index (χ2v) is 8.43. The molecule has 0 aliphatic carbocycles. The topological polar surface area (TPSA) is 124 Å². The van der Waals surface area contributed by atoms with Gasteiger partial charge in [-0.3, -0.25) is 0 Å². The van der Waals surface area contributed by atoms with E-state index in [0.717, 1.165) is 23.3 Å². The van der Waals surface area contributed by atoms with Crippen molar-refractivity contribution in [3.63, 3.8) is 0 Å². The van der Waals surface area contributed by atoms with Gasteiger partial charge in [0, 0.05) is 24.3 Å². The fourth-order valence-corrected chi connectivity index (χ4v) is 3.20. The van der Waals surface area contributed by atoms with Crippen LogP contribution in [0.25, 0.3) is 12.2 Å². The number of hydrogen-bond donors (Lipinski definition) is 0. The Morgan fingerprint density at radius 3 is 1.49 bits per heavy atom. The molecule has 3 rings (SSSR count). The number of carbonyl (C=O) groups is 4. The Morgan fingerprint density at radius 2 is 1.05 bits per heavy atom. The molecule has 220 valence electrons. The van der Waals surface area contributed by atoms with Crippen LogP contribution in [0.5, 0.6) is 23.0 Å². The molecule has 10 nitrogen and oxygen atoms in total. The smallest absolute Gasteiger partial charge is 0.336 e. The highest BCUT2D eigenvalue weighted by Gasteiger charge is 2.08. The highest BCUT2D eigenvalue weighted by molar-refractivity contribution is 5.90. The van der Waals surface area contributed by atoms with Crippen LogP contribution in [0.4, 0.5) is 0 Å². The minimum absolute atomic E-state index is 0.245. The molecule has 0 amide bonds. The van der Waals surface area contributed by atoms with Gasteiger partial charge in [-0.2, -0.15) is 0 Å². The monoisotopic (exact) mass is 584 g/mol. The van der Waals surface area contributed by atoms with Crippen LogP contribution in [0.3, 0.4) is 0 Å². The normalized spacial score (nSPS) is 10.5. The molecule has 0 unspecified atom stereocenters. The van der Waals surface area contributed by atoms with Crippen LogP contribution in [0.15, 0.2) is 104 Å². The summed E-state index contributed by atoms with van der Waals surface area (Å²) in [6.07, 6.45) is 7.77. The lowest BCUT2D eigenvalue weighted by Gasteiger charge is -2.08. The van der Waals surface area contributed by atoms with Gasteiger partial charge >= 0.3 is 23.9 Å². The summed E-state index contributed by atoms with van der Waals surface area (Å²) < 4.78 is 30.8. The van der Waals surface area contributed by atoms with Crippen molar-refractivity contribution in [3.8, 4) is 23.0 Å². The van der Waals surface area contributed by atoms with Gasteiger partial charge in [0.15, 0.2) is 0 Å². The van der Waals surface area contributed by atoms with Gasteiger partial charge in [0.1, 0.15) is 23.0 Å². The predicted molar refractivity (Wildman–Crippen MR) is 157 cm³/mol. The van der Waals surface area contributed by atoms with Gasteiger partial charge in [-0.25, -0.2) is 19.2 Å². The van der Waals surface area contributed by atoms with Crippen molar-refractivity contribution in [2.24, 2.45) is 0 Å². The summed E-state index contributed by atoms with van der Waals surface area (Å²) in [5.41, 5.74) is 2.02. The molecule has 0 N–H and O–H groups in total. The van der Waals surface area contributed by atoms with E-state index in [0.29, 0.717) is 22.8 Å². The molecule has 3 aromatic carbocycles. The standard InChI is InChI=1S/C33H28O10/c1-4-30(34)40-21-38-26-12-6-24(7-13-26)10-18-32(36)42-28-16-17-29(23(3)20-28)43-33(37)19-11-25-8-14-27(15-9-25)39-22-41-31(35)5-2/h4-20H,1-2,21-22H2,3H3/b18-10+,19-11+. The Bertz CT molecular complexity index is 1520. The van der Waals surface area contributed by atoms with E-state index in [9.17, 15) is 19.2 Å². The summed E-state index contributed by atoms with van der Waals surface area (Å²) in [6, 6.07) is 18.1. The first-order valence-corrected chi connectivity index (χ1v) is 12.7. The number of esters is 4. The van der Waals surface area contributed by atoms with Crippen molar-refractivity contribution in [1.82, 2.24) is 0 Å². The molecule has 0 aromatic heterocycles. The molecule has 0 bridgehead atoms. The van der Waals surface area contributed by atoms with Crippen molar-refractivity contribution in [2.45, 2.75) is 6.92 Å². The van der Waals surface area contributed by atoms with E-state index in [1.165, 1.54) is 24.3 Å². The minimum Gasteiger partial charge on any atom is -0.457 e. The lowest BCUT2D eigenvalue weighted by atomic mass is 10.2. The minimum atomic E-state index is -0.599. The van der Waals surface area contributed by atoms with E-state index in [1.807, 2.05) is 0 Å². The number of carbonyl (C=O) groups excluding carboxylic acids is 4. The average Bonchev–Trinajstić information content (AvgIpc) is 3.01. The quantitative estimate of drug-likeness (QED) is 0.106. The van der Waals surface area contributed by atoms with Gasteiger partial charge in [0.05, 0.1) is 0 Å². The Hall–Kier alpha value is -5.90. The van der Waals surface area contributed by atoms with Crippen molar-refractivity contribution < 1.29 is 47.6 Å². The Balaban J connectivity index is 1.46. The summed E-state index contributed by atoms with van der Waals surface area (Å²) in [6.45, 7) is 7.82. The summed E-state index contributed by atoms with van der Waals surface area (Å²) >= 11 is 0. The number of aryl methyl sites for hydroxylation is 1. The molecule has 0 aliphatic heterocycles. The largest absolute Gasteiger partial charge is 0.457 e. The van der Waals surface area contributed by atoms with E-state index in [1.54, 1.807) is 73.7 Å². The second kappa shape index (κ2) is 16.4. The Kier molecular flexibility index (Phi) is 12.1. The molecule has 10 heteroatoms. The SMILES string of the molecule is C=CC(=O)OCOc1ccc(/C=C/C(=O)Oc2ccc(OC(=O)/C=C/c3ccc(OCOC(=O)C=C)cc3)c(C)c2)cc1. The van der Waals surface area contributed by atoms with Crippen molar-refractivity contribution in [2.75, 3.05) is 13.6 Å². The van der Waals surface area contributed by atoms with Gasteiger partial charge in [-0.05, 0) is 78.2 Å². The Labute approximate surface area is 248 Å². The molecule has 0 saturated carbocycles. The molecule has 0 aliphatic rings. The van der Waals surface area contributed by atoms with Gasteiger partial charge in [-0.15, -0.1) is 0 Å². The fraction of sp³-hybridized carbons (Fsp3) is 0.0909. The third-order valence-electron chi connectivity index (χ3n) is 5.35. The molecule has 0 fully saturated rings. The first-order chi connectivity index (χ1) is 20.7. The zero-order chi connectivity index (χ0) is 31.0. The second-order valence-electron chi connectivity index (χ2n) is 8.43. The van der Waals surface area contributed by atoms with Gasteiger partial charge in [0.25, 0.3) is 0 Å². The van der Waals surface area contributed by atoms with Crippen LogP contribution in [-0.2, 0) is 28.7 Å². The number of rotatable bonds is 14. The molecule has 0 atom stereocenters. The molecule has 0 radical (unpaired) electrons. The van der Waals surface area contributed by atoms with E-state index in [-0.39, 0.29) is 19.3 Å². The van der Waals surface area contributed by atoms with E-state index < -0.39 is 23.9 Å². The first kappa shape index (κ1) is 31.6. The molecular weight excluding hydrogens is 556 g/mol. The van der Waals surface area contributed by atoms with Gasteiger partial charge < -0.3 is 28.4 Å². The van der Waals surface area contributed by atoms with Crippen LogP contribution in [-0.4, -0.2) is 37.5 Å². The zero-order valence-corrected chi connectivity index (χ0v) is 23.2. The number of benzene rings is 3. The fourth-order valence-electron chi connectivity index (χ4n) is 3.20. The molecule has 43 heavy (non-hydrogen) atoms. The van der Waals surface area contributed by atoms with Crippen molar-refractivity contribution in [3.05, 3.63) is 121 Å². The Morgan fingerprint density at radius 1 is 0.605 bits per heavy atom. The number of hydrogen-bond acceptors (Lipinski definition) is 10. The van der Waals surface area contributed by atoms with Crippen molar-refractivity contribution >= 4 is 36.0 Å². The van der Waals surface area contributed by atoms with Crippen LogP contribution in [0.2, 0.25) is 0 Å². The highest BCUT2D eigenvalue weighted by Crippen LogP contribution is 2.24. The maximum absolute atomic E-state index is 12.3. The van der Waals surface area contributed by atoms with Gasteiger partial charge in [-0.1, -0.05) is 37.4 Å². The highest BCUT2D eigenvalue weighted by atomic mass is 16.7. The lowest BCUT2D eigenvalue weighted by molar-refractivity contribution is -0.145. The third-order valence-corrected chi connectivity index (χ3v) is 5.35. The van der Waals surface area contributed by atoms with Crippen LogP contribution >= 0.6 is 0 Å². The molecule has 0 spiro atoms. The lowest BCUT2D eigenvalue weighted by Crippen LogP contribution is -2.07. The van der Waals surface area contributed by atoms with Crippen LogP contribution in [0.1, 0.15) is 16.7 Å². The van der Waals surface area contributed by atoms with E-state index in [2.05, 4.69) is 13.2 Å². The zero-order valence-electron chi connectivity index (χ0n) is 23.2. The van der Waals surface area contributed by atoms with E-state index >= 15 is 0 Å². The summed E-state index contributed by atoms with van der Waals surface area (Å²) in [7, 11) is 0. The summed E-state index contributed by atoms with van der Waals surface area (Å²) in [4.78, 5) is 46.6. The van der Waals surface area contributed by atoms with Crippen LogP contribution in [0, 0.1) is 6.92 Å². The maximum atomic E-state index is 12.3. The maximum Gasteiger partial charge on any atom is 0.336 e. The number of ether oxygens (including phenoxy) is 6. The molecular formula is C33H28O10. The van der Waals surface area contributed by atoms with Gasteiger partial charge in [0.2, 0.25) is 13.6 Å². The molecule has 0 saturated heterocycles. The first-order valence-electron chi connectivity index (χ1n) is 12.7. The van der Waals surface area contributed by atoms with E-state index in [4.69, 9.17) is 28.4 Å². The predicted octanol–water partition coefficient (Wildman–Crippen LogP) is 5.36. The summed E-state index contributed by atoms with van der Waals surface area (Å²) in [5, 5.41) is 0. The molecule has 0 heterocycles. The third kappa shape index (κ3) is 11.2. The van der Waals surface area contributed by atoms with Crippen LogP contribution < -0.4 is 18.9 Å². The molecule has 3 aromatic rings. The van der Waals surface area contributed by atoms with Crippen molar-refractivity contribution in [1.29, 1.82) is 0 Å².